The Balaban J connectivity index is 0.000000531. The molecule has 2 rings (SSSR count). The van der Waals surface area contributed by atoms with Crippen LogP contribution < -0.4 is 4.90 Å². The first-order valence-electron chi connectivity index (χ1n) is 6.10. The van der Waals surface area contributed by atoms with Crippen molar-refractivity contribution in [2.45, 2.75) is 33.6 Å². The maximum atomic E-state index is 2.38. The van der Waals surface area contributed by atoms with Gasteiger partial charge in [0.2, 0.25) is 0 Å². The number of hydrogen-bond acceptors (Lipinski definition) is 1. The minimum atomic E-state index is 0.847. The SMILES string of the molecule is CC.CCC1Cc2ccccc2N(C)C1. The molecule has 15 heavy (non-hydrogen) atoms. The zero-order valence-corrected chi connectivity index (χ0v) is 10.5. The Morgan fingerprint density at radius 3 is 2.60 bits per heavy atom. The third-order valence-electron chi connectivity index (χ3n) is 3.02. The number of hydrogen-bond donors (Lipinski definition) is 0. The van der Waals surface area contributed by atoms with E-state index in [2.05, 4.69) is 43.1 Å². The zero-order valence-electron chi connectivity index (χ0n) is 10.5. The van der Waals surface area contributed by atoms with Crippen molar-refractivity contribution in [2.24, 2.45) is 5.92 Å². The topological polar surface area (TPSA) is 3.24 Å². The molecule has 1 aromatic rings. The molecule has 1 heteroatoms. The summed E-state index contributed by atoms with van der Waals surface area (Å²) >= 11 is 0. The molecule has 0 bridgehead atoms. The minimum Gasteiger partial charge on any atom is -0.374 e. The van der Waals surface area contributed by atoms with Crippen LogP contribution in [0, 0.1) is 5.92 Å². The summed E-state index contributed by atoms with van der Waals surface area (Å²) in [6.45, 7) is 7.50. The standard InChI is InChI=1S/C12H17N.C2H6/c1-3-10-8-11-6-4-5-7-12(11)13(2)9-10;1-2/h4-7,10H,3,8-9H2,1-2H3;1-2H3. The molecule has 0 radical (unpaired) electrons. The third-order valence-corrected chi connectivity index (χ3v) is 3.02. The molecule has 1 heterocycles. The molecule has 84 valence electrons. The molecule has 0 amide bonds. The highest BCUT2D eigenvalue weighted by atomic mass is 15.1. The largest absolute Gasteiger partial charge is 0.374 e. The highest BCUT2D eigenvalue weighted by molar-refractivity contribution is 5.55. The maximum absolute atomic E-state index is 2.38. The monoisotopic (exact) mass is 205 g/mol. The van der Waals surface area contributed by atoms with Gasteiger partial charge in [0, 0.05) is 19.3 Å². The van der Waals surface area contributed by atoms with Crippen molar-refractivity contribution in [1.29, 1.82) is 0 Å². The van der Waals surface area contributed by atoms with Gasteiger partial charge in [-0.3, -0.25) is 0 Å². The molecule has 1 aromatic carbocycles. The summed E-state index contributed by atoms with van der Waals surface area (Å²) in [5, 5.41) is 0. The van der Waals surface area contributed by atoms with Crippen molar-refractivity contribution < 1.29 is 0 Å². The van der Waals surface area contributed by atoms with Crippen LogP contribution in [-0.2, 0) is 6.42 Å². The van der Waals surface area contributed by atoms with Crippen molar-refractivity contribution in [3.05, 3.63) is 29.8 Å². The predicted octanol–water partition coefficient (Wildman–Crippen LogP) is 3.73. The van der Waals surface area contributed by atoms with E-state index in [4.69, 9.17) is 0 Å². The lowest BCUT2D eigenvalue weighted by Crippen LogP contribution is -2.31. The smallest absolute Gasteiger partial charge is 0.0396 e. The number of benzene rings is 1. The summed E-state index contributed by atoms with van der Waals surface area (Å²) in [5.74, 6) is 0.847. The summed E-state index contributed by atoms with van der Waals surface area (Å²) < 4.78 is 0. The van der Waals surface area contributed by atoms with E-state index in [1.54, 1.807) is 0 Å². The Morgan fingerprint density at radius 2 is 1.93 bits per heavy atom. The summed E-state index contributed by atoms with van der Waals surface area (Å²) in [5.41, 5.74) is 2.94. The molecule has 1 atom stereocenters. The fourth-order valence-corrected chi connectivity index (χ4v) is 2.19. The molecule has 0 spiro atoms. The molecule has 1 nitrogen and oxygen atoms in total. The Bertz CT molecular complexity index is 293. The Hall–Kier alpha value is -0.980. The van der Waals surface area contributed by atoms with Crippen LogP contribution in [0.5, 0.6) is 0 Å². The first-order valence-corrected chi connectivity index (χ1v) is 6.10. The van der Waals surface area contributed by atoms with Crippen LogP contribution in [0.25, 0.3) is 0 Å². The second-order valence-electron chi connectivity index (χ2n) is 3.99. The summed E-state index contributed by atoms with van der Waals surface area (Å²) in [7, 11) is 2.20. The average Bonchev–Trinajstić information content (AvgIpc) is 2.31. The van der Waals surface area contributed by atoms with Gasteiger partial charge in [0.05, 0.1) is 0 Å². The van der Waals surface area contributed by atoms with Crippen molar-refractivity contribution >= 4 is 5.69 Å². The van der Waals surface area contributed by atoms with Gasteiger partial charge in [-0.05, 0) is 24.0 Å². The fourth-order valence-electron chi connectivity index (χ4n) is 2.19. The van der Waals surface area contributed by atoms with Gasteiger partial charge in [-0.25, -0.2) is 0 Å². The van der Waals surface area contributed by atoms with Gasteiger partial charge >= 0.3 is 0 Å². The van der Waals surface area contributed by atoms with Crippen LogP contribution in [0.3, 0.4) is 0 Å². The van der Waals surface area contributed by atoms with Crippen LogP contribution in [0.1, 0.15) is 32.8 Å². The molecule has 1 aliphatic rings. The lowest BCUT2D eigenvalue weighted by atomic mass is 9.91. The maximum Gasteiger partial charge on any atom is 0.0396 e. The summed E-state index contributed by atoms with van der Waals surface area (Å²) in [6, 6.07) is 8.75. The molecule has 0 saturated heterocycles. The number of para-hydroxylation sites is 1. The summed E-state index contributed by atoms with van der Waals surface area (Å²) in [4.78, 5) is 2.38. The van der Waals surface area contributed by atoms with E-state index in [0.29, 0.717) is 0 Å². The minimum absolute atomic E-state index is 0.847. The van der Waals surface area contributed by atoms with Crippen molar-refractivity contribution in [2.75, 3.05) is 18.5 Å². The van der Waals surface area contributed by atoms with Crippen LogP contribution in [0.4, 0.5) is 5.69 Å². The first kappa shape index (κ1) is 12.1. The predicted molar refractivity (Wildman–Crippen MR) is 68.5 cm³/mol. The first-order chi connectivity index (χ1) is 7.31. The number of nitrogens with zero attached hydrogens (tertiary/aromatic N) is 1. The lowest BCUT2D eigenvalue weighted by molar-refractivity contribution is 0.489. The van der Waals surface area contributed by atoms with E-state index in [1.807, 2.05) is 13.8 Å². The molecule has 0 fully saturated rings. The number of rotatable bonds is 1. The van der Waals surface area contributed by atoms with E-state index in [0.717, 1.165) is 5.92 Å². The van der Waals surface area contributed by atoms with Gasteiger partial charge in [0.25, 0.3) is 0 Å². The van der Waals surface area contributed by atoms with E-state index in [-0.39, 0.29) is 0 Å². The summed E-state index contributed by atoms with van der Waals surface area (Å²) in [6.07, 6.45) is 2.55. The van der Waals surface area contributed by atoms with Crippen LogP contribution in [0.2, 0.25) is 0 Å². The van der Waals surface area contributed by atoms with E-state index in [1.165, 1.54) is 30.6 Å². The van der Waals surface area contributed by atoms with Gasteiger partial charge in [0.1, 0.15) is 0 Å². The second kappa shape index (κ2) is 5.79. The fraction of sp³-hybridized carbons (Fsp3) is 0.571. The van der Waals surface area contributed by atoms with Gasteiger partial charge in [-0.2, -0.15) is 0 Å². The van der Waals surface area contributed by atoms with E-state index >= 15 is 0 Å². The van der Waals surface area contributed by atoms with Gasteiger partial charge in [0.15, 0.2) is 0 Å². The molecule has 1 unspecified atom stereocenters. The zero-order chi connectivity index (χ0) is 11.3. The number of anilines is 1. The Morgan fingerprint density at radius 1 is 1.27 bits per heavy atom. The van der Waals surface area contributed by atoms with E-state index < -0.39 is 0 Å². The van der Waals surface area contributed by atoms with Gasteiger partial charge in [-0.1, -0.05) is 45.4 Å². The molecule has 1 aliphatic heterocycles. The molecular weight excluding hydrogens is 182 g/mol. The average molecular weight is 205 g/mol. The molecular formula is C14H23N. The lowest BCUT2D eigenvalue weighted by Gasteiger charge is -2.32. The number of fused-ring (bicyclic) bond motifs is 1. The molecule has 0 N–H and O–H groups in total. The normalized spacial score (nSPS) is 18.9. The van der Waals surface area contributed by atoms with Crippen LogP contribution in [-0.4, -0.2) is 13.6 Å². The molecule has 0 saturated carbocycles. The highest BCUT2D eigenvalue weighted by Crippen LogP contribution is 2.29. The second-order valence-corrected chi connectivity index (χ2v) is 3.99. The third kappa shape index (κ3) is 2.74. The van der Waals surface area contributed by atoms with Crippen LogP contribution in [0.15, 0.2) is 24.3 Å². The van der Waals surface area contributed by atoms with Crippen molar-refractivity contribution in [3.63, 3.8) is 0 Å². The van der Waals surface area contributed by atoms with E-state index in [9.17, 15) is 0 Å². The highest BCUT2D eigenvalue weighted by Gasteiger charge is 2.19. The molecule has 0 aliphatic carbocycles. The van der Waals surface area contributed by atoms with Gasteiger partial charge in [-0.15, -0.1) is 0 Å². The van der Waals surface area contributed by atoms with Crippen molar-refractivity contribution in [1.82, 2.24) is 0 Å². The van der Waals surface area contributed by atoms with Crippen molar-refractivity contribution in [3.8, 4) is 0 Å². The molecule has 0 aromatic heterocycles. The van der Waals surface area contributed by atoms with Gasteiger partial charge < -0.3 is 4.90 Å². The Kier molecular flexibility index (Phi) is 4.67. The van der Waals surface area contributed by atoms with Crippen LogP contribution >= 0.6 is 0 Å². The Labute approximate surface area is 94.1 Å². The quantitative estimate of drug-likeness (QED) is 0.675.